The number of esters is 2. The Bertz CT molecular complexity index is 956. The van der Waals surface area contributed by atoms with Gasteiger partial charge in [-0.05, 0) is 50.8 Å². The number of rotatable bonds is 37. The largest absolute Gasteiger partial charge is 1.00 e. The van der Waals surface area contributed by atoms with Crippen LogP contribution in [0.25, 0.3) is 0 Å². The number of carboxylic acid groups (broad SMARTS) is 1. The van der Waals surface area contributed by atoms with Gasteiger partial charge in [-0.1, -0.05) is 129 Å². The Kier molecular flexibility index (Phi) is 38.8. The number of carboxylic acids is 1. The number of carbonyl (C=O) groups is 4. The van der Waals surface area contributed by atoms with Gasteiger partial charge < -0.3 is 41.5 Å². The van der Waals surface area contributed by atoms with E-state index in [1.165, 1.54) is 89.9 Å². The third-order valence-electron chi connectivity index (χ3n) is 9.28. The zero-order chi connectivity index (χ0) is 38.7. The molecule has 3 atom stereocenters. The van der Waals surface area contributed by atoms with E-state index in [2.05, 4.69) is 24.2 Å². The summed E-state index contributed by atoms with van der Waals surface area (Å²) >= 11 is 0. The fraction of sp³-hybridized carbons (Fsp3) is 0.875. The summed E-state index contributed by atoms with van der Waals surface area (Å²) in [6, 6.07) is -3.11. The van der Waals surface area contributed by atoms with Crippen molar-refractivity contribution in [1.29, 1.82) is 0 Å². The van der Waals surface area contributed by atoms with Gasteiger partial charge in [-0.3, -0.25) is 14.4 Å². The minimum atomic E-state index is -1.20. The van der Waals surface area contributed by atoms with Crippen molar-refractivity contribution in [3.05, 3.63) is 0 Å². The number of hydrogen-bond acceptors (Lipinski definition) is 10. The molecule has 13 heteroatoms. The van der Waals surface area contributed by atoms with Crippen LogP contribution < -0.4 is 51.4 Å². The number of ether oxygens (including phenoxy) is 2. The van der Waals surface area contributed by atoms with E-state index in [-0.39, 0.29) is 74.2 Å². The summed E-state index contributed by atoms with van der Waals surface area (Å²) in [6.45, 7) is 5.31. The van der Waals surface area contributed by atoms with Gasteiger partial charge in [0.2, 0.25) is 5.91 Å². The van der Waals surface area contributed by atoms with E-state index in [1.54, 1.807) is 0 Å². The molecular weight excluding hydrogens is 687 g/mol. The second-order valence-corrected chi connectivity index (χ2v) is 14.2. The molecule has 0 bridgehead atoms. The Morgan fingerprint density at radius 1 is 0.604 bits per heavy atom. The zero-order valence-corrected chi connectivity index (χ0v) is 35.9. The topological polar surface area (TPSA) is 206 Å². The predicted octanol–water partition coefficient (Wildman–Crippen LogP) is 3.63. The number of hydrogen-bond donors (Lipinski definition) is 4. The van der Waals surface area contributed by atoms with Crippen LogP contribution in [0.4, 0.5) is 0 Å². The van der Waals surface area contributed by atoms with Gasteiger partial charge in [0.1, 0.15) is 6.04 Å². The van der Waals surface area contributed by atoms with Crippen LogP contribution in [0, 0.1) is 0 Å². The Labute approximate surface area is 343 Å². The fourth-order valence-corrected chi connectivity index (χ4v) is 5.80. The SMILES string of the molecule is CCCCCCCCCCCCOC(=O)CC[C@H](N)C(=O)N[C@@H](CCCCN=C([O-])[C@@H](N)CCC(=O)OCCCCCCCCCCCC)C(=O)O.[Na+]. The molecule has 53 heavy (non-hydrogen) atoms. The molecule has 0 saturated heterocycles. The van der Waals surface area contributed by atoms with Gasteiger partial charge in [0.25, 0.3) is 0 Å². The number of nitrogens with two attached hydrogens (primary N) is 2. The Morgan fingerprint density at radius 3 is 1.42 bits per heavy atom. The van der Waals surface area contributed by atoms with Gasteiger partial charge in [0, 0.05) is 25.4 Å². The maximum Gasteiger partial charge on any atom is 1.00 e. The molecule has 0 heterocycles. The molecule has 1 amide bonds. The van der Waals surface area contributed by atoms with Crippen molar-refractivity contribution >= 4 is 29.7 Å². The number of nitrogens with one attached hydrogen (secondary N) is 1. The molecule has 0 aromatic heterocycles. The van der Waals surface area contributed by atoms with Gasteiger partial charge in [-0.2, -0.15) is 0 Å². The number of aliphatic imine (C=N–C) groups is 1. The molecule has 12 nitrogen and oxygen atoms in total. The summed E-state index contributed by atoms with van der Waals surface area (Å²) in [7, 11) is 0. The molecule has 0 unspecified atom stereocenters. The van der Waals surface area contributed by atoms with Crippen LogP contribution >= 0.6 is 0 Å². The predicted molar refractivity (Wildman–Crippen MR) is 206 cm³/mol. The third-order valence-corrected chi connectivity index (χ3v) is 9.28. The summed E-state index contributed by atoms with van der Waals surface area (Å²) < 4.78 is 10.5. The monoisotopic (exact) mass is 763 g/mol. The number of aliphatic carboxylic acids is 1. The van der Waals surface area contributed by atoms with Crippen molar-refractivity contribution in [3.8, 4) is 0 Å². The van der Waals surface area contributed by atoms with E-state index < -0.39 is 41.9 Å². The second kappa shape index (κ2) is 38.5. The molecule has 0 aromatic rings. The van der Waals surface area contributed by atoms with Crippen molar-refractivity contribution in [2.24, 2.45) is 16.5 Å². The van der Waals surface area contributed by atoms with Gasteiger partial charge >= 0.3 is 47.5 Å². The first-order chi connectivity index (χ1) is 25.1. The summed E-state index contributed by atoms with van der Waals surface area (Å²) in [4.78, 5) is 52.2. The number of unbranched alkanes of at least 4 members (excludes halogenated alkanes) is 19. The Hall–Kier alpha value is -1.73. The van der Waals surface area contributed by atoms with E-state index in [4.69, 9.17) is 20.9 Å². The molecule has 0 fully saturated rings. The smallest absolute Gasteiger partial charge is 0.861 e. The molecular formula is C40H75N4NaO8. The van der Waals surface area contributed by atoms with Crippen LogP contribution in [-0.2, 0) is 28.7 Å². The Balaban J connectivity index is 0. The minimum Gasteiger partial charge on any atom is -0.861 e. The number of nitrogens with zero attached hydrogens (tertiary/aromatic N) is 1. The summed E-state index contributed by atoms with van der Waals surface area (Å²) in [5, 5.41) is 24.3. The average Bonchev–Trinajstić information content (AvgIpc) is 3.12. The van der Waals surface area contributed by atoms with Gasteiger partial charge in [-0.15, -0.1) is 0 Å². The molecule has 0 saturated carbocycles. The number of amides is 1. The molecule has 6 N–H and O–H groups in total. The first-order valence-corrected chi connectivity index (χ1v) is 20.7. The average molecular weight is 763 g/mol. The van der Waals surface area contributed by atoms with Crippen LogP contribution in [0.1, 0.15) is 187 Å². The van der Waals surface area contributed by atoms with E-state index in [0.29, 0.717) is 26.1 Å². The molecule has 304 valence electrons. The molecule has 0 radical (unpaired) electrons. The van der Waals surface area contributed by atoms with Crippen LogP contribution in [0.3, 0.4) is 0 Å². The third kappa shape index (κ3) is 34.5. The van der Waals surface area contributed by atoms with Crippen molar-refractivity contribution in [2.45, 2.75) is 205 Å². The molecule has 0 aromatic carbocycles. The van der Waals surface area contributed by atoms with Crippen molar-refractivity contribution in [2.75, 3.05) is 19.8 Å². The molecule has 0 aliphatic heterocycles. The fourth-order valence-electron chi connectivity index (χ4n) is 5.80. The van der Waals surface area contributed by atoms with Crippen LogP contribution in [0.15, 0.2) is 4.99 Å². The number of carbonyl (C=O) groups excluding carboxylic acids is 3. The van der Waals surface area contributed by atoms with Crippen LogP contribution in [0.2, 0.25) is 0 Å². The van der Waals surface area contributed by atoms with E-state index in [1.807, 2.05) is 0 Å². The Morgan fingerprint density at radius 2 is 1.00 bits per heavy atom. The van der Waals surface area contributed by atoms with Gasteiger partial charge in [0.15, 0.2) is 0 Å². The van der Waals surface area contributed by atoms with E-state index in [0.717, 1.165) is 38.5 Å². The first-order valence-electron chi connectivity index (χ1n) is 20.7. The van der Waals surface area contributed by atoms with Crippen LogP contribution in [0.5, 0.6) is 0 Å². The summed E-state index contributed by atoms with van der Waals surface area (Å²) in [6.07, 6.45) is 25.0. The van der Waals surface area contributed by atoms with Crippen LogP contribution in [-0.4, -0.2) is 72.7 Å². The van der Waals surface area contributed by atoms with Crippen molar-refractivity contribution < 1.29 is 68.4 Å². The molecule has 0 aliphatic carbocycles. The molecule has 0 spiro atoms. The quantitative estimate of drug-likeness (QED) is 0.0238. The van der Waals surface area contributed by atoms with Gasteiger partial charge in [0.05, 0.1) is 19.3 Å². The van der Waals surface area contributed by atoms with Crippen molar-refractivity contribution in [1.82, 2.24) is 5.32 Å². The standard InChI is InChI=1S/C40H76N4O8.Na/c1-3-5-7-9-11-13-15-17-19-23-31-51-36(45)28-26-33(41)38(47)43-30-22-21-25-35(40(49)50)44-39(48)34(42)27-29-37(46)52-32-24-20-18-16-14-12-10-8-6-4-2;/h33-35H,3-32,41-42H2,1-2H3,(H,43,47)(H,44,48)(H,49,50);/q;+1/p-1/t33-,34-,35-;/m0./s1. The first kappa shape index (κ1) is 53.4. The maximum atomic E-state index is 12.5. The van der Waals surface area contributed by atoms with E-state index >= 15 is 0 Å². The molecule has 0 rings (SSSR count). The summed E-state index contributed by atoms with van der Waals surface area (Å²) in [5.41, 5.74) is 11.8. The van der Waals surface area contributed by atoms with Gasteiger partial charge in [-0.25, -0.2) is 4.79 Å². The van der Waals surface area contributed by atoms with Crippen molar-refractivity contribution in [3.63, 3.8) is 0 Å². The maximum absolute atomic E-state index is 12.5. The second-order valence-electron chi connectivity index (χ2n) is 14.2. The van der Waals surface area contributed by atoms with E-state index in [9.17, 15) is 29.4 Å². The molecule has 0 aliphatic rings. The minimum absolute atomic E-state index is 0. The summed E-state index contributed by atoms with van der Waals surface area (Å²) in [5.74, 6) is -3.17. The zero-order valence-electron chi connectivity index (χ0n) is 33.9. The normalized spacial score (nSPS) is 13.1.